The zero-order chi connectivity index (χ0) is 14.3. The van der Waals surface area contributed by atoms with Crippen molar-refractivity contribution in [2.75, 3.05) is 6.61 Å². The van der Waals surface area contributed by atoms with Gasteiger partial charge in [-0.25, -0.2) is 0 Å². The Balaban J connectivity index is 2.23. The molecular weight excluding hydrogens is 252 g/mol. The number of aliphatic hydroxyl groups excluding tert-OH is 1. The molecule has 1 N–H and O–H groups in total. The topological polar surface area (TPSA) is 54.4 Å². The third-order valence-electron chi connectivity index (χ3n) is 3.97. The maximum atomic E-state index is 12.7. The molecule has 0 bridgehead atoms. The van der Waals surface area contributed by atoms with Crippen LogP contribution in [0.15, 0.2) is 48.5 Å². The molecular formula is C17H14O3. The molecule has 0 fully saturated rings. The van der Waals surface area contributed by atoms with Crippen molar-refractivity contribution < 1.29 is 14.7 Å². The number of benzene rings is 2. The minimum absolute atomic E-state index is 0.315. The molecule has 20 heavy (non-hydrogen) atoms. The highest BCUT2D eigenvalue weighted by Gasteiger charge is 2.53. The SMILES string of the molecule is Cc1ccc(C2(CO)C(=O)c3ccccc3C2=O)cc1. The molecule has 0 aliphatic heterocycles. The van der Waals surface area contributed by atoms with Gasteiger partial charge in [-0.1, -0.05) is 54.1 Å². The molecule has 0 radical (unpaired) electrons. The van der Waals surface area contributed by atoms with Gasteiger partial charge < -0.3 is 5.11 Å². The zero-order valence-electron chi connectivity index (χ0n) is 11.1. The van der Waals surface area contributed by atoms with Gasteiger partial charge in [0.1, 0.15) is 5.41 Å². The van der Waals surface area contributed by atoms with Gasteiger partial charge in [-0.15, -0.1) is 0 Å². The van der Waals surface area contributed by atoms with E-state index in [0.717, 1.165) is 5.56 Å². The minimum Gasteiger partial charge on any atom is -0.394 e. The minimum atomic E-state index is -1.47. The summed E-state index contributed by atoms with van der Waals surface area (Å²) in [5.74, 6) is -0.631. The highest BCUT2D eigenvalue weighted by atomic mass is 16.3. The average Bonchev–Trinajstić information content (AvgIpc) is 2.70. The summed E-state index contributed by atoms with van der Waals surface area (Å²) in [4.78, 5) is 25.3. The number of ketones is 2. The first kappa shape index (κ1) is 12.8. The summed E-state index contributed by atoms with van der Waals surface area (Å²) >= 11 is 0. The van der Waals surface area contributed by atoms with Crippen molar-refractivity contribution in [1.29, 1.82) is 0 Å². The molecule has 1 aliphatic rings. The normalized spacial score (nSPS) is 16.3. The van der Waals surface area contributed by atoms with Crippen molar-refractivity contribution in [2.24, 2.45) is 0 Å². The van der Waals surface area contributed by atoms with E-state index in [-0.39, 0.29) is 11.6 Å². The second kappa shape index (κ2) is 4.39. The molecule has 3 nitrogen and oxygen atoms in total. The summed E-state index contributed by atoms with van der Waals surface area (Å²) in [5.41, 5.74) is 0.908. The molecule has 0 heterocycles. The summed E-state index contributed by atoms with van der Waals surface area (Å²) in [6.07, 6.45) is 0. The molecule has 3 heteroatoms. The van der Waals surface area contributed by atoms with Gasteiger partial charge in [-0.05, 0) is 12.5 Å². The fraction of sp³-hybridized carbons (Fsp3) is 0.176. The van der Waals surface area contributed by atoms with Gasteiger partial charge in [-0.2, -0.15) is 0 Å². The van der Waals surface area contributed by atoms with Crippen LogP contribution in [0.2, 0.25) is 0 Å². The summed E-state index contributed by atoms with van der Waals surface area (Å²) < 4.78 is 0. The van der Waals surface area contributed by atoms with Crippen LogP contribution < -0.4 is 0 Å². The summed E-state index contributed by atoms with van der Waals surface area (Å²) in [5, 5.41) is 9.81. The van der Waals surface area contributed by atoms with Crippen LogP contribution in [0.25, 0.3) is 0 Å². The molecule has 100 valence electrons. The molecule has 2 aromatic rings. The number of aryl methyl sites for hydroxylation is 1. The van der Waals surface area contributed by atoms with Crippen molar-refractivity contribution in [1.82, 2.24) is 0 Å². The number of aliphatic hydroxyl groups is 1. The summed E-state index contributed by atoms with van der Waals surface area (Å²) in [6, 6.07) is 13.9. The van der Waals surface area contributed by atoms with E-state index in [1.807, 2.05) is 19.1 Å². The Kier molecular flexibility index (Phi) is 2.80. The van der Waals surface area contributed by atoms with Crippen molar-refractivity contribution in [3.05, 3.63) is 70.8 Å². The van der Waals surface area contributed by atoms with E-state index in [0.29, 0.717) is 16.7 Å². The number of hydrogen-bond donors (Lipinski definition) is 1. The van der Waals surface area contributed by atoms with Crippen molar-refractivity contribution in [3.63, 3.8) is 0 Å². The molecule has 1 aliphatic carbocycles. The third kappa shape index (κ3) is 1.50. The number of carbonyl (C=O) groups excluding carboxylic acids is 2. The highest BCUT2D eigenvalue weighted by Crippen LogP contribution is 2.39. The van der Waals surface area contributed by atoms with Crippen LogP contribution in [0.1, 0.15) is 31.8 Å². The summed E-state index contributed by atoms with van der Waals surface area (Å²) in [6.45, 7) is 1.42. The maximum Gasteiger partial charge on any atom is 0.184 e. The molecule has 0 aromatic heterocycles. The van der Waals surface area contributed by atoms with Crippen LogP contribution in [0, 0.1) is 6.92 Å². The van der Waals surface area contributed by atoms with Gasteiger partial charge >= 0.3 is 0 Å². The first-order valence-corrected chi connectivity index (χ1v) is 6.48. The van der Waals surface area contributed by atoms with Crippen LogP contribution in [-0.2, 0) is 5.41 Å². The average molecular weight is 266 g/mol. The monoisotopic (exact) mass is 266 g/mol. The molecule has 2 aromatic carbocycles. The Morgan fingerprint density at radius 1 is 0.900 bits per heavy atom. The van der Waals surface area contributed by atoms with E-state index in [1.165, 1.54) is 0 Å². The lowest BCUT2D eigenvalue weighted by atomic mass is 9.76. The Morgan fingerprint density at radius 3 is 1.85 bits per heavy atom. The van der Waals surface area contributed by atoms with Crippen molar-refractivity contribution in [2.45, 2.75) is 12.3 Å². The third-order valence-corrected chi connectivity index (χ3v) is 3.97. The van der Waals surface area contributed by atoms with Gasteiger partial charge in [0.2, 0.25) is 0 Å². The Bertz CT molecular complexity index is 663. The lowest BCUT2D eigenvalue weighted by molar-refractivity contribution is 0.0711. The highest BCUT2D eigenvalue weighted by molar-refractivity contribution is 6.33. The predicted octanol–water partition coefficient (Wildman–Crippen LogP) is 2.30. The number of carbonyl (C=O) groups is 2. The molecule has 0 unspecified atom stereocenters. The largest absolute Gasteiger partial charge is 0.394 e. The second-order valence-corrected chi connectivity index (χ2v) is 5.13. The molecule has 0 saturated carbocycles. The number of hydrogen-bond acceptors (Lipinski definition) is 3. The summed E-state index contributed by atoms with van der Waals surface area (Å²) in [7, 11) is 0. The van der Waals surface area contributed by atoms with Crippen LogP contribution in [0.3, 0.4) is 0 Å². The van der Waals surface area contributed by atoms with Crippen LogP contribution in [0.5, 0.6) is 0 Å². The van der Waals surface area contributed by atoms with Gasteiger partial charge in [0.15, 0.2) is 11.6 Å². The van der Waals surface area contributed by atoms with Crippen LogP contribution in [0.4, 0.5) is 0 Å². The molecule has 0 atom stereocenters. The van der Waals surface area contributed by atoms with Gasteiger partial charge in [0, 0.05) is 11.1 Å². The maximum absolute atomic E-state index is 12.7. The van der Waals surface area contributed by atoms with E-state index < -0.39 is 12.0 Å². The predicted molar refractivity (Wildman–Crippen MR) is 75.0 cm³/mol. The standard InChI is InChI=1S/C17H14O3/c1-11-6-8-12(9-7-11)17(10-18)15(19)13-4-2-3-5-14(13)16(17)20/h2-9,18H,10H2,1H3. The Hall–Kier alpha value is -2.26. The fourth-order valence-electron chi connectivity index (χ4n) is 2.78. The number of Topliss-reactive ketones (excluding diaryl/α,β-unsaturated/α-hetero) is 2. The Morgan fingerprint density at radius 2 is 1.40 bits per heavy atom. The van der Waals surface area contributed by atoms with Crippen molar-refractivity contribution >= 4 is 11.6 Å². The van der Waals surface area contributed by atoms with E-state index in [1.54, 1.807) is 36.4 Å². The van der Waals surface area contributed by atoms with Gasteiger partial charge in [0.25, 0.3) is 0 Å². The molecule has 3 rings (SSSR count). The zero-order valence-corrected chi connectivity index (χ0v) is 11.1. The fourth-order valence-corrected chi connectivity index (χ4v) is 2.78. The van der Waals surface area contributed by atoms with Crippen LogP contribution >= 0.6 is 0 Å². The first-order valence-electron chi connectivity index (χ1n) is 6.48. The number of rotatable bonds is 2. The quantitative estimate of drug-likeness (QED) is 0.849. The van der Waals surface area contributed by atoms with Gasteiger partial charge in [-0.3, -0.25) is 9.59 Å². The van der Waals surface area contributed by atoms with Crippen molar-refractivity contribution in [3.8, 4) is 0 Å². The van der Waals surface area contributed by atoms with E-state index >= 15 is 0 Å². The lowest BCUT2D eigenvalue weighted by Gasteiger charge is -2.23. The van der Waals surface area contributed by atoms with Gasteiger partial charge in [0.05, 0.1) is 6.61 Å². The number of fused-ring (bicyclic) bond motifs is 1. The lowest BCUT2D eigenvalue weighted by Crippen LogP contribution is -2.42. The van der Waals surface area contributed by atoms with E-state index in [9.17, 15) is 14.7 Å². The van der Waals surface area contributed by atoms with Crippen LogP contribution in [-0.4, -0.2) is 23.3 Å². The Labute approximate surface area is 116 Å². The smallest absolute Gasteiger partial charge is 0.184 e. The second-order valence-electron chi connectivity index (χ2n) is 5.13. The molecule has 0 amide bonds. The van der Waals surface area contributed by atoms with E-state index in [4.69, 9.17) is 0 Å². The first-order chi connectivity index (χ1) is 9.61. The van der Waals surface area contributed by atoms with E-state index in [2.05, 4.69) is 0 Å². The molecule has 0 spiro atoms. The molecule has 0 saturated heterocycles.